The van der Waals surface area contributed by atoms with Crippen molar-refractivity contribution in [2.75, 3.05) is 0 Å². The Bertz CT molecular complexity index is 1060. The molecule has 3 heteroatoms. The van der Waals surface area contributed by atoms with Gasteiger partial charge in [-0.15, -0.1) is 34.5 Å². The van der Waals surface area contributed by atoms with Crippen LogP contribution in [0.1, 0.15) is 37.8 Å². The number of hydrogen-bond acceptors (Lipinski definition) is 0. The summed E-state index contributed by atoms with van der Waals surface area (Å²) in [6.45, 7) is 6.79. The molecular formula is C26H25Cl2Zr-. The molecule has 0 fully saturated rings. The van der Waals surface area contributed by atoms with E-state index < -0.39 is 20.8 Å². The van der Waals surface area contributed by atoms with E-state index in [1.54, 1.807) is 0 Å². The summed E-state index contributed by atoms with van der Waals surface area (Å²) in [5.74, 6) is 0.546. The Morgan fingerprint density at radius 2 is 1.48 bits per heavy atom. The molecule has 148 valence electrons. The van der Waals surface area contributed by atoms with Gasteiger partial charge in [-0.3, -0.25) is 0 Å². The quantitative estimate of drug-likeness (QED) is 0.246. The van der Waals surface area contributed by atoms with E-state index in [9.17, 15) is 0 Å². The summed E-state index contributed by atoms with van der Waals surface area (Å²) in [4.78, 5) is 0. The first kappa shape index (κ1) is 22.4. The predicted molar refractivity (Wildman–Crippen MR) is 126 cm³/mol. The Labute approximate surface area is 192 Å². The number of rotatable bonds is 4. The molecule has 0 aliphatic carbocycles. The predicted octanol–water partition coefficient (Wildman–Crippen LogP) is 8.95. The maximum absolute atomic E-state index is 4.93. The number of halogens is 2. The van der Waals surface area contributed by atoms with Gasteiger partial charge in [0.1, 0.15) is 0 Å². The molecule has 0 bridgehead atoms. The van der Waals surface area contributed by atoms with E-state index in [4.69, 9.17) is 17.0 Å². The van der Waals surface area contributed by atoms with Gasteiger partial charge in [-0.05, 0) is 29.0 Å². The summed E-state index contributed by atoms with van der Waals surface area (Å²) in [7, 11) is 9.87. The molecule has 0 aliphatic heterocycles. The SMILES string of the molecule is CCc1ccc2[cH-]c(C(C)C)cc2c1-c1ccccc1-c1ccccc1.[Cl][Zr][Cl]. The van der Waals surface area contributed by atoms with Gasteiger partial charge in [0.15, 0.2) is 0 Å². The molecule has 0 nitrogen and oxygen atoms in total. The van der Waals surface area contributed by atoms with Crippen molar-refractivity contribution < 1.29 is 20.8 Å². The fourth-order valence-corrected chi connectivity index (χ4v) is 3.87. The van der Waals surface area contributed by atoms with Crippen LogP contribution in [0.3, 0.4) is 0 Å². The molecule has 4 aromatic rings. The normalized spacial score (nSPS) is 10.7. The van der Waals surface area contributed by atoms with Crippen LogP contribution in [0.4, 0.5) is 0 Å². The average Bonchev–Trinajstić information content (AvgIpc) is 3.19. The van der Waals surface area contributed by atoms with Crippen molar-refractivity contribution in [3.8, 4) is 22.3 Å². The third kappa shape index (κ3) is 5.08. The molecule has 0 spiro atoms. The second-order valence-corrected chi connectivity index (χ2v) is 11.1. The summed E-state index contributed by atoms with van der Waals surface area (Å²) in [6, 6.07) is 28.9. The molecular weight excluding hydrogens is 474 g/mol. The molecule has 0 atom stereocenters. The van der Waals surface area contributed by atoms with Crippen molar-refractivity contribution in [2.45, 2.75) is 33.1 Å². The zero-order valence-electron chi connectivity index (χ0n) is 17.0. The third-order valence-electron chi connectivity index (χ3n) is 5.33. The maximum atomic E-state index is 4.93. The molecule has 29 heavy (non-hydrogen) atoms. The topological polar surface area (TPSA) is 0 Å². The molecule has 0 aromatic heterocycles. The van der Waals surface area contributed by atoms with Crippen molar-refractivity contribution in [3.63, 3.8) is 0 Å². The minimum atomic E-state index is -0.826. The van der Waals surface area contributed by atoms with Crippen LogP contribution in [0.2, 0.25) is 0 Å². The molecule has 0 amide bonds. The van der Waals surface area contributed by atoms with Crippen LogP contribution in [0.25, 0.3) is 33.0 Å². The number of fused-ring (bicyclic) bond motifs is 1. The Hall–Kier alpha value is -1.27. The van der Waals surface area contributed by atoms with Crippen molar-refractivity contribution in [3.05, 3.63) is 90.0 Å². The molecule has 0 saturated heterocycles. The fourth-order valence-electron chi connectivity index (χ4n) is 3.87. The Morgan fingerprint density at radius 3 is 2.10 bits per heavy atom. The van der Waals surface area contributed by atoms with Crippen LogP contribution in [-0.2, 0) is 27.3 Å². The standard InChI is InChI=1S/C26H25.2ClH.Zr/c1-4-19-14-15-21-16-22(18(2)3)17-25(21)26(19)24-13-9-8-12-23(24)20-10-6-5-7-11-20;;;/h5-18H,4H2,1-3H3;2*1H;/q-1;;;+2/p-2. The number of benzene rings is 3. The van der Waals surface area contributed by atoms with Crippen LogP contribution in [0.5, 0.6) is 0 Å². The molecule has 4 rings (SSSR count). The van der Waals surface area contributed by atoms with Gasteiger partial charge in [-0.2, -0.15) is 6.07 Å². The van der Waals surface area contributed by atoms with Crippen molar-refractivity contribution in [1.29, 1.82) is 0 Å². The van der Waals surface area contributed by atoms with Gasteiger partial charge in [-0.25, -0.2) is 0 Å². The summed E-state index contributed by atoms with van der Waals surface area (Å²) < 4.78 is 0. The van der Waals surface area contributed by atoms with E-state index in [1.807, 2.05) is 0 Å². The van der Waals surface area contributed by atoms with Crippen LogP contribution in [0.15, 0.2) is 78.9 Å². The molecule has 0 radical (unpaired) electrons. The van der Waals surface area contributed by atoms with Gasteiger partial charge in [-0.1, -0.05) is 86.5 Å². The van der Waals surface area contributed by atoms with Gasteiger partial charge < -0.3 is 0 Å². The third-order valence-corrected chi connectivity index (χ3v) is 5.33. The summed E-state index contributed by atoms with van der Waals surface area (Å²) in [5.41, 5.74) is 8.16. The van der Waals surface area contributed by atoms with Crippen molar-refractivity contribution in [2.24, 2.45) is 0 Å². The van der Waals surface area contributed by atoms with Crippen LogP contribution in [-0.4, -0.2) is 0 Å². The Kier molecular flexibility index (Phi) is 8.25. The zero-order chi connectivity index (χ0) is 20.8. The van der Waals surface area contributed by atoms with Crippen LogP contribution in [0, 0.1) is 0 Å². The van der Waals surface area contributed by atoms with Gasteiger partial charge in [0.25, 0.3) is 0 Å². The van der Waals surface area contributed by atoms with E-state index >= 15 is 0 Å². The summed E-state index contributed by atoms with van der Waals surface area (Å²) in [5, 5.41) is 2.74. The van der Waals surface area contributed by atoms with E-state index in [0.29, 0.717) is 5.92 Å². The Morgan fingerprint density at radius 1 is 0.862 bits per heavy atom. The zero-order valence-corrected chi connectivity index (χ0v) is 21.0. The molecule has 0 heterocycles. The van der Waals surface area contributed by atoms with E-state index in [0.717, 1.165) is 6.42 Å². The second-order valence-electron chi connectivity index (χ2n) is 7.38. The molecule has 4 aromatic carbocycles. The van der Waals surface area contributed by atoms with Crippen molar-refractivity contribution in [1.82, 2.24) is 0 Å². The molecule has 0 N–H and O–H groups in total. The molecule has 0 saturated carbocycles. The first-order valence-corrected chi connectivity index (χ1v) is 16.3. The summed E-state index contributed by atoms with van der Waals surface area (Å²) in [6.07, 6.45) is 1.04. The van der Waals surface area contributed by atoms with E-state index in [2.05, 4.69) is 99.6 Å². The van der Waals surface area contributed by atoms with E-state index in [-0.39, 0.29) is 0 Å². The van der Waals surface area contributed by atoms with Gasteiger partial charge in [0, 0.05) is 0 Å². The molecule has 0 unspecified atom stereocenters. The summed E-state index contributed by atoms with van der Waals surface area (Å²) >= 11 is -0.826. The second kappa shape index (κ2) is 10.7. The van der Waals surface area contributed by atoms with E-state index in [1.165, 1.54) is 44.2 Å². The first-order valence-electron chi connectivity index (χ1n) is 9.94. The van der Waals surface area contributed by atoms with Crippen LogP contribution < -0.4 is 0 Å². The number of hydrogen-bond donors (Lipinski definition) is 0. The first-order chi connectivity index (χ1) is 14.1. The van der Waals surface area contributed by atoms with Crippen LogP contribution >= 0.6 is 17.0 Å². The van der Waals surface area contributed by atoms with Crippen molar-refractivity contribution >= 4 is 27.8 Å². The monoisotopic (exact) mass is 497 g/mol. The minimum absolute atomic E-state index is 0.546. The van der Waals surface area contributed by atoms with Gasteiger partial charge >= 0.3 is 37.9 Å². The average molecular weight is 500 g/mol. The molecule has 0 aliphatic rings. The fraction of sp³-hybridized carbons (Fsp3) is 0.192. The number of aryl methyl sites for hydroxylation is 1. The van der Waals surface area contributed by atoms with Gasteiger partial charge in [0.05, 0.1) is 0 Å². The Balaban J connectivity index is 0.000000755. The van der Waals surface area contributed by atoms with Gasteiger partial charge in [0.2, 0.25) is 0 Å².